The molecule has 0 unspecified atom stereocenters. The van der Waals surface area contributed by atoms with E-state index in [1.807, 2.05) is 5.38 Å². The maximum atomic E-state index is 12.1. The van der Waals surface area contributed by atoms with Gasteiger partial charge in [0.2, 0.25) is 15.9 Å². The Morgan fingerprint density at radius 2 is 1.86 bits per heavy atom. The van der Waals surface area contributed by atoms with Crippen LogP contribution in [0.15, 0.2) is 52.1 Å². The molecule has 0 bridgehead atoms. The number of anilines is 1. The van der Waals surface area contributed by atoms with E-state index >= 15 is 0 Å². The van der Waals surface area contributed by atoms with Gasteiger partial charge in [0.25, 0.3) is 5.91 Å². The van der Waals surface area contributed by atoms with Crippen LogP contribution in [0.4, 0.5) is 5.13 Å². The van der Waals surface area contributed by atoms with E-state index in [0.29, 0.717) is 28.7 Å². The van der Waals surface area contributed by atoms with Crippen molar-refractivity contribution in [3.63, 3.8) is 0 Å². The minimum absolute atomic E-state index is 0.0517. The van der Waals surface area contributed by atoms with Crippen LogP contribution in [0.3, 0.4) is 0 Å². The number of sulfonamides is 1. The number of nitrogens with zero attached hydrogens (tertiary/aromatic N) is 1. The van der Waals surface area contributed by atoms with Crippen molar-refractivity contribution in [1.29, 1.82) is 0 Å². The van der Waals surface area contributed by atoms with Crippen LogP contribution in [0.1, 0.15) is 20.9 Å². The molecule has 152 valence electrons. The molecule has 2 amide bonds. The van der Waals surface area contributed by atoms with Crippen LogP contribution in [0.25, 0.3) is 0 Å². The van der Waals surface area contributed by atoms with Crippen LogP contribution in [-0.2, 0) is 27.7 Å². The second-order valence-corrected chi connectivity index (χ2v) is 9.41. The van der Waals surface area contributed by atoms with Gasteiger partial charge in [-0.3, -0.25) is 14.9 Å². The molecule has 4 N–H and O–H groups in total. The molecule has 11 heteroatoms. The SMILES string of the molecule is NS(=O)(=O)c1ccc(CCNC(=O)Cc2csc(NC(=O)c3cccs3)n2)cc1. The topological polar surface area (TPSA) is 131 Å². The van der Waals surface area contributed by atoms with Gasteiger partial charge in [-0.2, -0.15) is 0 Å². The first-order chi connectivity index (χ1) is 13.8. The summed E-state index contributed by atoms with van der Waals surface area (Å²) in [6.07, 6.45) is 0.658. The molecule has 29 heavy (non-hydrogen) atoms. The number of carbonyl (C=O) groups is 2. The van der Waals surface area contributed by atoms with Gasteiger partial charge in [-0.1, -0.05) is 18.2 Å². The van der Waals surface area contributed by atoms with E-state index in [1.165, 1.54) is 34.8 Å². The number of amides is 2. The fourth-order valence-electron chi connectivity index (χ4n) is 2.43. The van der Waals surface area contributed by atoms with Crippen molar-refractivity contribution in [3.05, 3.63) is 63.3 Å². The number of nitrogens with one attached hydrogen (secondary N) is 2. The van der Waals surface area contributed by atoms with Crippen molar-refractivity contribution in [2.24, 2.45) is 5.14 Å². The number of rotatable bonds is 8. The Bertz CT molecular complexity index is 1090. The molecule has 0 aliphatic carbocycles. The van der Waals surface area contributed by atoms with Gasteiger partial charge in [0.05, 0.1) is 21.9 Å². The first-order valence-corrected chi connectivity index (χ1v) is 11.8. The first kappa shape index (κ1) is 21.1. The van der Waals surface area contributed by atoms with E-state index in [1.54, 1.807) is 29.6 Å². The summed E-state index contributed by atoms with van der Waals surface area (Å²) in [6, 6.07) is 9.72. The third-order valence-electron chi connectivity index (χ3n) is 3.85. The lowest BCUT2D eigenvalue weighted by Gasteiger charge is -2.05. The van der Waals surface area contributed by atoms with E-state index in [2.05, 4.69) is 15.6 Å². The van der Waals surface area contributed by atoms with Crippen molar-refractivity contribution in [2.45, 2.75) is 17.7 Å². The third-order valence-corrected chi connectivity index (χ3v) is 6.45. The van der Waals surface area contributed by atoms with E-state index in [4.69, 9.17) is 5.14 Å². The van der Waals surface area contributed by atoms with Crippen molar-refractivity contribution >= 4 is 49.6 Å². The molecule has 0 radical (unpaired) electrons. The van der Waals surface area contributed by atoms with E-state index < -0.39 is 10.0 Å². The molecule has 1 aromatic carbocycles. The fourth-order valence-corrected chi connectivity index (χ4v) is 4.27. The zero-order valence-corrected chi connectivity index (χ0v) is 17.6. The molecule has 2 aromatic heterocycles. The minimum atomic E-state index is -3.71. The summed E-state index contributed by atoms with van der Waals surface area (Å²) in [5.74, 6) is -0.411. The Hall–Kier alpha value is -2.60. The number of thiophene rings is 1. The van der Waals surface area contributed by atoms with E-state index in [0.717, 1.165) is 5.56 Å². The molecular weight excluding hydrogens is 432 g/mol. The summed E-state index contributed by atoms with van der Waals surface area (Å²) in [6.45, 7) is 0.402. The van der Waals surface area contributed by atoms with Crippen LogP contribution in [0, 0.1) is 0 Å². The quantitative estimate of drug-likeness (QED) is 0.483. The average molecular weight is 451 g/mol. The molecule has 8 nitrogen and oxygen atoms in total. The Morgan fingerprint density at radius 1 is 1.10 bits per heavy atom. The average Bonchev–Trinajstić information content (AvgIpc) is 3.34. The molecule has 2 heterocycles. The highest BCUT2D eigenvalue weighted by Gasteiger charge is 2.12. The maximum absolute atomic E-state index is 12.1. The standard InChI is InChI=1S/C18H18N4O4S3/c19-29(25,26)14-5-3-12(4-6-14)7-8-20-16(23)10-13-11-28-18(21-13)22-17(24)15-2-1-9-27-15/h1-6,9,11H,7-8,10H2,(H,20,23)(H2,19,25,26)(H,21,22,24). The Balaban J connectivity index is 1.44. The van der Waals surface area contributed by atoms with Gasteiger partial charge in [-0.15, -0.1) is 22.7 Å². The number of nitrogens with two attached hydrogens (primary N) is 1. The van der Waals surface area contributed by atoms with Crippen LogP contribution >= 0.6 is 22.7 Å². The molecule has 0 fully saturated rings. The molecule has 0 saturated carbocycles. The number of aromatic nitrogens is 1. The molecule has 3 aromatic rings. The second kappa shape index (κ2) is 9.27. The van der Waals surface area contributed by atoms with Gasteiger partial charge in [-0.25, -0.2) is 18.5 Å². The summed E-state index contributed by atoms with van der Waals surface area (Å²) in [5.41, 5.74) is 1.46. The summed E-state index contributed by atoms with van der Waals surface area (Å²) in [4.78, 5) is 29.0. The van der Waals surface area contributed by atoms with Crippen LogP contribution < -0.4 is 15.8 Å². The number of hydrogen-bond acceptors (Lipinski definition) is 7. The van der Waals surface area contributed by atoms with Gasteiger partial charge in [-0.05, 0) is 35.6 Å². The zero-order valence-electron chi connectivity index (χ0n) is 15.1. The number of hydrogen-bond donors (Lipinski definition) is 3. The molecule has 0 aliphatic rings. The monoisotopic (exact) mass is 450 g/mol. The molecule has 3 rings (SSSR count). The summed E-state index contributed by atoms with van der Waals surface area (Å²) in [5, 5.41) is 14.6. The highest BCUT2D eigenvalue weighted by atomic mass is 32.2. The molecule has 0 atom stereocenters. The smallest absolute Gasteiger partial charge is 0.267 e. The molecule has 0 spiro atoms. The minimum Gasteiger partial charge on any atom is -0.355 e. The highest BCUT2D eigenvalue weighted by molar-refractivity contribution is 7.89. The lowest BCUT2D eigenvalue weighted by Crippen LogP contribution is -2.27. The van der Waals surface area contributed by atoms with Crippen LogP contribution in [0.5, 0.6) is 0 Å². The lowest BCUT2D eigenvalue weighted by atomic mass is 10.1. The molecule has 0 aliphatic heterocycles. The summed E-state index contributed by atoms with van der Waals surface area (Å²) in [7, 11) is -3.71. The zero-order chi connectivity index (χ0) is 20.9. The van der Waals surface area contributed by atoms with Gasteiger partial charge in [0.1, 0.15) is 0 Å². The van der Waals surface area contributed by atoms with Gasteiger partial charge < -0.3 is 5.32 Å². The Labute approximate surface area is 175 Å². The van der Waals surface area contributed by atoms with Gasteiger partial charge in [0.15, 0.2) is 5.13 Å². The van der Waals surface area contributed by atoms with Crippen LogP contribution in [-0.4, -0.2) is 31.8 Å². The highest BCUT2D eigenvalue weighted by Crippen LogP contribution is 2.18. The van der Waals surface area contributed by atoms with Crippen molar-refractivity contribution in [3.8, 4) is 0 Å². The van der Waals surface area contributed by atoms with Crippen molar-refractivity contribution < 1.29 is 18.0 Å². The first-order valence-electron chi connectivity index (χ1n) is 8.49. The predicted octanol–water partition coefficient (Wildman–Crippen LogP) is 2.01. The number of carbonyl (C=O) groups excluding carboxylic acids is 2. The predicted molar refractivity (Wildman–Crippen MR) is 113 cm³/mol. The summed E-state index contributed by atoms with van der Waals surface area (Å²) >= 11 is 2.60. The third kappa shape index (κ3) is 6.19. The normalized spacial score (nSPS) is 11.2. The maximum Gasteiger partial charge on any atom is 0.267 e. The second-order valence-electron chi connectivity index (χ2n) is 6.04. The van der Waals surface area contributed by atoms with Crippen molar-refractivity contribution in [2.75, 3.05) is 11.9 Å². The van der Waals surface area contributed by atoms with Crippen molar-refractivity contribution in [1.82, 2.24) is 10.3 Å². The summed E-state index contributed by atoms with van der Waals surface area (Å²) < 4.78 is 22.5. The Morgan fingerprint density at radius 3 is 2.52 bits per heavy atom. The lowest BCUT2D eigenvalue weighted by molar-refractivity contribution is -0.120. The Kier molecular flexibility index (Phi) is 6.75. The van der Waals surface area contributed by atoms with E-state index in [-0.39, 0.29) is 23.1 Å². The largest absolute Gasteiger partial charge is 0.355 e. The number of benzene rings is 1. The number of thiazole rings is 1. The van der Waals surface area contributed by atoms with Crippen LogP contribution in [0.2, 0.25) is 0 Å². The number of primary sulfonamides is 1. The van der Waals surface area contributed by atoms with E-state index in [9.17, 15) is 18.0 Å². The van der Waals surface area contributed by atoms with Gasteiger partial charge >= 0.3 is 0 Å². The fraction of sp³-hybridized carbons (Fsp3) is 0.167. The molecule has 0 saturated heterocycles. The molecular formula is C18H18N4O4S3. The van der Waals surface area contributed by atoms with Gasteiger partial charge in [0, 0.05) is 11.9 Å².